The summed E-state index contributed by atoms with van der Waals surface area (Å²) in [5.41, 5.74) is 3.08. The van der Waals surface area contributed by atoms with Crippen molar-refractivity contribution >= 4 is 11.8 Å². The van der Waals surface area contributed by atoms with Crippen LogP contribution in [0.4, 0.5) is 14.9 Å². The summed E-state index contributed by atoms with van der Waals surface area (Å²) in [7, 11) is 0. The molecule has 2 aliphatic rings. The number of benzene rings is 2. The molecule has 4 rings (SSSR count). The lowest BCUT2D eigenvalue weighted by molar-refractivity contribution is 0.201. The van der Waals surface area contributed by atoms with Gasteiger partial charge in [-0.15, -0.1) is 0 Å². The van der Waals surface area contributed by atoms with Crippen molar-refractivity contribution < 1.29 is 14.3 Å². The Kier molecular flexibility index (Phi) is 5.36. The van der Waals surface area contributed by atoms with Gasteiger partial charge in [0.2, 0.25) is 0 Å². The van der Waals surface area contributed by atoms with Crippen molar-refractivity contribution in [2.45, 2.75) is 57.7 Å². The summed E-state index contributed by atoms with van der Waals surface area (Å²) in [6, 6.07) is 13.8. The van der Waals surface area contributed by atoms with E-state index in [0.717, 1.165) is 22.4 Å². The van der Waals surface area contributed by atoms with E-state index in [2.05, 4.69) is 11.4 Å². The molecular weight excluding hydrogens is 355 g/mol. The molecule has 2 saturated heterocycles. The average molecular weight is 382 g/mol. The van der Waals surface area contributed by atoms with Crippen molar-refractivity contribution in [1.29, 1.82) is 0 Å². The van der Waals surface area contributed by atoms with Crippen LogP contribution in [-0.2, 0) is 13.0 Å². The second-order valence-corrected chi connectivity index (χ2v) is 8.27. The molecule has 1 amide bonds. The molecule has 2 unspecified atom stereocenters. The SMILES string of the molecule is Cc1ccc(F)c(N(Cc2ccccc2CC2CC3CCC(C2)N3)C(=O)O)c1. The number of rotatable bonds is 5. The van der Waals surface area contributed by atoms with Crippen LogP contribution in [-0.4, -0.2) is 23.3 Å². The Morgan fingerprint density at radius 3 is 2.50 bits per heavy atom. The second-order valence-electron chi connectivity index (χ2n) is 8.27. The predicted octanol–water partition coefficient (Wildman–Crippen LogP) is 4.89. The van der Waals surface area contributed by atoms with E-state index in [-0.39, 0.29) is 12.2 Å². The number of anilines is 1. The smallest absolute Gasteiger partial charge is 0.412 e. The summed E-state index contributed by atoms with van der Waals surface area (Å²) >= 11 is 0. The number of aryl methyl sites for hydroxylation is 1. The first-order chi connectivity index (χ1) is 13.5. The van der Waals surface area contributed by atoms with E-state index in [0.29, 0.717) is 18.0 Å². The summed E-state index contributed by atoms with van der Waals surface area (Å²) in [6.45, 7) is 1.99. The maximum absolute atomic E-state index is 14.3. The molecule has 148 valence electrons. The molecule has 2 atom stereocenters. The lowest BCUT2D eigenvalue weighted by atomic mass is 9.85. The van der Waals surface area contributed by atoms with E-state index in [4.69, 9.17) is 0 Å². The number of nitrogens with zero attached hydrogens (tertiary/aromatic N) is 1. The van der Waals surface area contributed by atoms with E-state index in [1.165, 1.54) is 37.3 Å². The van der Waals surface area contributed by atoms with Crippen LogP contribution in [0.3, 0.4) is 0 Å². The van der Waals surface area contributed by atoms with Gasteiger partial charge in [-0.2, -0.15) is 0 Å². The molecule has 2 N–H and O–H groups in total. The molecule has 0 radical (unpaired) electrons. The number of hydrogen-bond acceptors (Lipinski definition) is 2. The minimum Gasteiger partial charge on any atom is -0.465 e. The van der Waals surface area contributed by atoms with E-state index in [9.17, 15) is 14.3 Å². The number of piperidine rings is 1. The molecule has 2 aromatic carbocycles. The minimum absolute atomic E-state index is 0.113. The van der Waals surface area contributed by atoms with Gasteiger partial charge in [-0.05, 0) is 73.8 Å². The van der Waals surface area contributed by atoms with Crippen LogP contribution >= 0.6 is 0 Å². The fourth-order valence-corrected chi connectivity index (χ4v) is 4.82. The van der Waals surface area contributed by atoms with Crippen molar-refractivity contribution in [1.82, 2.24) is 5.32 Å². The second kappa shape index (κ2) is 7.92. The Hall–Kier alpha value is -2.40. The van der Waals surface area contributed by atoms with Crippen LogP contribution < -0.4 is 10.2 Å². The number of carbonyl (C=O) groups is 1. The predicted molar refractivity (Wildman–Crippen MR) is 108 cm³/mol. The third-order valence-corrected chi connectivity index (χ3v) is 6.15. The highest BCUT2D eigenvalue weighted by Gasteiger charge is 2.33. The zero-order valence-corrected chi connectivity index (χ0v) is 16.2. The Morgan fingerprint density at radius 2 is 1.82 bits per heavy atom. The van der Waals surface area contributed by atoms with Gasteiger partial charge < -0.3 is 10.4 Å². The monoisotopic (exact) mass is 382 g/mol. The number of hydrogen-bond donors (Lipinski definition) is 2. The van der Waals surface area contributed by atoms with Crippen molar-refractivity contribution in [3.8, 4) is 0 Å². The molecule has 0 spiro atoms. The van der Waals surface area contributed by atoms with Crippen LogP contribution in [0.5, 0.6) is 0 Å². The van der Waals surface area contributed by atoms with Gasteiger partial charge in [-0.25, -0.2) is 9.18 Å². The molecule has 28 heavy (non-hydrogen) atoms. The Bertz CT molecular complexity index is 857. The molecule has 2 heterocycles. The number of nitrogens with one attached hydrogen (secondary N) is 1. The third-order valence-electron chi connectivity index (χ3n) is 6.15. The molecule has 5 heteroatoms. The van der Waals surface area contributed by atoms with Crippen molar-refractivity contribution in [3.05, 3.63) is 65.0 Å². The molecule has 2 aromatic rings. The summed E-state index contributed by atoms with van der Waals surface area (Å²) in [5.74, 6) is 0.106. The summed E-state index contributed by atoms with van der Waals surface area (Å²) in [5, 5.41) is 13.4. The number of halogens is 1. The first-order valence-corrected chi connectivity index (χ1v) is 10.1. The van der Waals surface area contributed by atoms with Gasteiger partial charge in [0, 0.05) is 12.1 Å². The highest BCUT2D eigenvalue weighted by Crippen LogP contribution is 2.34. The van der Waals surface area contributed by atoms with Gasteiger partial charge >= 0.3 is 6.09 Å². The van der Waals surface area contributed by atoms with Crippen LogP contribution in [0, 0.1) is 18.7 Å². The maximum atomic E-state index is 14.3. The van der Waals surface area contributed by atoms with E-state index >= 15 is 0 Å². The molecule has 0 aliphatic carbocycles. The maximum Gasteiger partial charge on any atom is 0.412 e. The number of carboxylic acid groups (broad SMARTS) is 1. The molecular formula is C23H27FN2O2. The van der Waals surface area contributed by atoms with Crippen LogP contribution in [0.25, 0.3) is 0 Å². The molecule has 2 bridgehead atoms. The van der Waals surface area contributed by atoms with Crippen molar-refractivity contribution in [3.63, 3.8) is 0 Å². The largest absolute Gasteiger partial charge is 0.465 e. The fourth-order valence-electron chi connectivity index (χ4n) is 4.82. The quantitative estimate of drug-likeness (QED) is 0.774. The number of amides is 1. The number of fused-ring (bicyclic) bond motifs is 2. The van der Waals surface area contributed by atoms with Crippen molar-refractivity contribution in [2.75, 3.05) is 4.90 Å². The van der Waals surface area contributed by atoms with Gasteiger partial charge in [0.1, 0.15) is 5.82 Å². The van der Waals surface area contributed by atoms with Crippen LogP contribution in [0.2, 0.25) is 0 Å². The third kappa shape index (κ3) is 4.04. The van der Waals surface area contributed by atoms with Gasteiger partial charge in [-0.3, -0.25) is 4.90 Å². The Morgan fingerprint density at radius 1 is 1.14 bits per heavy atom. The van der Waals surface area contributed by atoms with E-state index < -0.39 is 11.9 Å². The fraction of sp³-hybridized carbons (Fsp3) is 0.435. The summed E-state index contributed by atoms with van der Waals surface area (Å²) in [6.07, 6.45) is 4.71. The van der Waals surface area contributed by atoms with Gasteiger partial charge in [0.15, 0.2) is 0 Å². The highest BCUT2D eigenvalue weighted by atomic mass is 19.1. The standard InChI is InChI=1S/C23H27FN2O2/c1-15-6-9-21(24)22(10-15)26(23(27)28)14-18-5-3-2-4-17(18)11-16-12-19-7-8-20(13-16)25-19/h2-6,9-10,16,19-20,25H,7-8,11-14H2,1H3,(H,27,28). The summed E-state index contributed by atoms with van der Waals surface area (Å²) in [4.78, 5) is 13.0. The molecule has 2 fully saturated rings. The Labute approximate surface area is 165 Å². The molecule has 2 aliphatic heterocycles. The van der Waals surface area contributed by atoms with Gasteiger partial charge in [-0.1, -0.05) is 30.3 Å². The summed E-state index contributed by atoms with van der Waals surface area (Å²) < 4.78 is 14.3. The lowest BCUT2D eigenvalue weighted by Gasteiger charge is -2.30. The van der Waals surface area contributed by atoms with E-state index in [1.807, 2.05) is 25.1 Å². The first-order valence-electron chi connectivity index (χ1n) is 10.1. The normalized spacial score (nSPS) is 23.6. The molecule has 0 saturated carbocycles. The van der Waals surface area contributed by atoms with E-state index in [1.54, 1.807) is 12.1 Å². The van der Waals surface area contributed by atoms with Crippen LogP contribution in [0.1, 0.15) is 42.4 Å². The lowest BCUT2D eigenvalue weighted by Crippen LogP contribution is -2.38. The highest BCUT2D eigenvalue weighted by molar-refractivity contribution is 5.86. The molecule has 4 nitrogen and oxygen atoms in total. The topological polar surface area (TPSA) is 52.6 Å². The van der Waals surface area contributed by atoms with Crippen LogP contribution in [0.15, 0.2) is 42.5 Å². The first kappa shape index (κ1) is 18.9. The van der Waals surface area contributed by atoms with Gasteiger partial charge in [0.05, 0.1) is 12.2 Å². The average Bonchev–Trinajstić information content (AvgIpc) is 3.01. The van der Waals surface area contributed by atoms with Gasteiger partial charge in [0.25, 0.3) is 0 Å². The Balaban J connectivity index is 1.56. The minimum atomic E-state index is -1.14. The molecule has 0 aromatic heterocycles. The van der Waals surface area contributed by atoms with Crippen molar-refractivity contribution in [2.24, 2.45) is 5.92 Å². The zero-order chi connectivity index (χ0) is 19.7. The zero-order valence-electron chi connectivity index (χ0n) is 16.2.